The van der Waals surface area contributed by atoms with Gasteiger partial charge in [0.1, 0.15) is 5.82 Å². The Bertz CT molecular complexity index is 301. The number of benzene rings is 1. The Morgan fingerprint density at radius 3 is 2.64 bits per heavy atom. The van der Waals surface area contributed by atoms with Crippen molar-refractivity contribution in [1.29, 1.82) is 0 Å². The van der Waals surface area contributed by atoms with Gasteiger partial charge in [0, 0.05) is 18.2 Å². The Kier molecular flexibility index (Phi) is 1.80. The van der Waals surface area contributed by atoms with E-state index in [-0.39, 0.29) is 0 Å². The summed E-state index contributed by atoms with van der Waals surface area (Å²) >= 11 is 0. The van der Waals surface area contributed by atoms with Crippen molar-refractivity contribution in [3.63, 3.8) is 0 Å². The van der Waals surface area contributed by atoms with E-state index in [4.69, 9.17) is 0 Å². The summed E-state index contributed by atoms with van der Waals surface area (Å²) in [7, 11) is 0. The second kappa shape index (κ2) is 2.61. The lowest BCUT2D eigenvalue weighted by atomic mass is 10.3. The summed E-state index contributed by atoms with van der Waals surface area (Å²) in [5, 5.41) is 9.96. The van der Waals surface area contributed by atoms with Crippen LogP contribution in [0.5, 0.6) is 0 Å². The van der Waals surface area contributed by atoms with Gasteiger partial charge in [-0.3, -0.25) is 10.1 Å². The zero-order chi connectivity index (χ0) is 8.43. The molecule has 0 aliphatic carbocycles. The van der Waals surface area contributed by atoms with Crippen molar-refractivity contribution in [3.8, 4) is 0 Å². The van der Waals surface area contributed by atoms with Crippen LogP contribution in [-0.2, 0) is 0 Å². The molecule has 0 unspecified atom stereocenters. The Hall–Kier alpha value is -1.52. The summed E-state index contributed by atoms with van der Waals surface area (Å²) in [4.78, 5) is 9.02. The Balaban J connectivity index is 3.20. The number of hydrogen-bond acceptors (Lipinski definition) is 2. The van der Waals surface area contributed by atoms with E-state index in [1.807, 2.05) is 6.07 Å². The van der Waals surface area contributed by atoms with Gasteiger partial charge in [0.15, 0.2) is 0 Å². The molecule has 0 atom stereocenters. The molecular formula is C6H2F2NO2. The summed E-state index contributed by atoms with van der Waals surface area (Å²) in [6, 6.07) is 2.95. The van der Waals surface area contributed by atoms with E-state index < -0.39 is 22.2 Å². The highest BCUT2D eigenvalue weighted by atomic mass is 19.1. The maximum Gasteiger partial charge on any atom is 0.305 e. The summed E-state index contributed by atoms with van der Waals surface area (Å²) in [6.45, 7) is 0. The van der Waals surface area contributed by atoms with Crippen LogP contribution in [0, 0.1) is 27.8 Å². The molecule has 0 amide bonds. The summed E-state index contributed by atoms with van der Waals surface area (Å²) in [6.07, 6.45) is 0. The van der Waals surface area contributed by atoms with Crippen molar-refractivity contribution in [2.24, 2.45) is 0 Å². The molecule has 0 fully saturated rings. The molecule has 0 aliphatic heterocycles. The van der Waals surface area contributed by atoms with Crippen LogP contribution in [0.15, 0.2) is 12.1 Å². The highest BCUT2D eigenvalue weighted by Gasteiger charge is 2.13. The topological polar surface area (TPSA) is 43.1 Å². The minimum atomic E-state index is -1.19. The zero-order valence-corrected chi connectivity index (χ0v) is 5.17. The van der Waals surface area contributed by atoms with Gasteiger partial charge in [-0.15, -0.1) is 0 Å². The normalized spacial score (nSPS) is 9.64. The molecule has 0 aliphatic rings. The second-order valence-corrected chi connectivity index (χ2v) is 1.77. The lowest BCUT2D eigenvalue weighted by Crippen LogP contribution is -1.92. The van der Waals surface area contributed by atoms with Crippen LogP contribution in [0.4, 0.5) is 14.5 Å². The molecule has 1 rings (SSSR count). The molecule has 0 bridgehead atoms. The van der Waals surface area contributed by atoms with E-state index in [2.05, 4.69) is 0 Å². The third-order valence-corrected chi connectivity index (χ3v) is 1.04. The quantitative estimate of drug-likeness (QED) is 0.460. The SMILES string of the molecule is O=[N+]([O-])c1c[c]c(F)cc1F. The van der Waals surface area contributed by atoms with Gasteiger partial charge in [-0.1, -0.05) is 0 Å². The summed E-state index contributed by atoms with van der Waals surface area (Å²) in [5.74, 6) is -2.14. The minimum Gasteiger partial charge on any atom is -0.258 e. The van der Waals surface area contributed by atoms with E-state index >= 15 is 0 Å². The molecule has 1 aromatic rings. The molecule has 1 radical (unpaired) electrons. The first-order chi connectivity index (χ1) is 5.11. The van der Waals surface area contributed by atoms with Crippen LogP contribution in [0.25, 0.3) is 0 Å². The molecule has 57 valence electrons. The average Bonchev–Trinajstić information content (AvgIpc) is 1.85. The van der Waals surface area contributed by atoms with E-state index in [0.29, 0.717) is 12.1 Å². The molecule has 0 saturated carbocycles. The van der Waals surface area contributed by atoms with Crippen molar-refractivity contribution in [1.82, 2.24) is 0 Å². The first-order valence-electron chi connectivity index (χ1n) is 2.62. The Morgan fingerprint density at radius 1 is 1.55 bits per heavy atom. The van der Waals surface area contributed by atoms with E-state index in [0.717, 1.165) is 0 Å². The van der Waals surface area contributed by atoms with Crippen molar-refractivity contribution in [2.45, 2.75) is 0 Å². The predicted molar refractivity (Wildman–Crippen MR) is 31.8 cm³/mol. The van der Waals surface area contributed by atoms with Gasteiger partial charge in [-0.2, -0.15) is 4.39 Å². The summed E-state index contributed by atoms with van der Waals surface area (Å²) < 4.78 is 24.5. The maximum absolute atomic E-state index is 12.4. The fourth-order valence-electron chi connectivity index (χ4n) is 0.573. The molecule has 11 heavy (non-hydrogen) atoms. The first kappa shape index (κ1) is 7.59. The highest BCUT2D eigenvalue weighted by Crippen LogP contribution is 2.16. The Morgan fingerprint density at radius 2 is 2.18 bits per heavy atom. The summed E-state index contributed by atoms with van der Waals surface area (Å²) in [5.41, 5.74) is -0.772. The first-order valence-corrected chi connectivity index (χ1v) is 2.62. The number of rotatable bonds is 1. The Labute approximate surface area is 60.4 Å². The fourth-order valence-corrected chi connectivity index (χ4v) is 0.573. The van der Waals surface area contributed by atoms with Crippen molar-refractivity contribution < 1.29 is 13.7 Å². The van der Waals surface area contributed by atoms with Gasteiger partial charge in [-0.25, -0.2) is 4.39 Å². The van der Waals surface area contributed by atoms with Gasteiger partial charge in [0.05, 0.1) is 4.92 Å². The largest absolute Gasteiger partial charge is 0.305 e. The van der Waals surface area contributed by atoms with Crippen LogP contribution in [0.3, 0.4) is 0 Å². The lowest BCUT2D eigenvalue weighted by molar-refractivity contribution is -0.387. The molecule has 3 nitrogen and oxygen atoms in total. The average molecular weight is 158 g/mol. The number of nitrogens with zero attached hydrogens (tertiary/aromatic N) is 1. The van der Waals surface area contributed by atoms with Crippen molar-refractivity contribution in [3.05, 3.63) is 39.9 Å². The molecule has 0 saturated heterocycles. The second-order valence-electron chi connectivity index (χ2n) is 1.77. The molecule has 0 heterocycles. The lowest BCUT2D eigenvalue weighted by Gasteiger charge is -1.91. The van der Waals surface area contributed by atoms with Crippen molar-refractivity contribution >= 4 is 5.69 Å². The zero-order valence-electron chi connectivity index (χ0n) is 5.17. The smallest absolute Gasteiger partial charge is 0.258 e. The third kappa shape index (κ3) is 1.49. The van der Waals surface area contributed by atoms with Gasteiger partial charge in [0.2, 0.25) is 5.82 Å². The fraction of sp³-hybridized carbons (Fsp3) is 0. The molecule has 0 aromatic heterocycles. The number of nitro benzene ring substituents is 1. The van der Waals surface area contributed by atoms with Gasteiger partial charge in [0.25, 0.3) is 0 Å². The van der Waals surface area contributed by atoms with Crippen LogP contribution >= 0.6 is 0 Å². The van der Waals surface area contributed by atoms with Gasteiger partial charge in [-0.05, 0) is 0 Å². The van der Waals surface area contributed by atoms with Gasteiger partial charge < -0.3 is 0 Å². The molecule has 1 aromatic carbocycles. The number of hydrogen-bond donors (Lipinski definition) is 0. The highest BCUT2D eigenvalue weighted by molar-refractivity contribution is 5.30. The van der Waals surface area contributed by atoms with Crippen LogP contribution in [0.2, 0.25) is 0 Å². The molecule has 0 spiro atoms. The van der Waals surface area contributed by atoms with Crippen LogP contribution in [-0.4, -0.2) is 4.92 Å². The van der Waals surface area contributed by atoms with Crippen LogP contribution in [0.1, 0.15) is 0 Å². The van der Waals surface area contributed by atoms with E-state index in [1.165, 1.54) is 0 Å². The standard InChI is InChI=1S/C6H2F2NO2/c7-4-1-2-6(9(10)11)5(8)3-4/h2-3H. The monoisotopic (exact) mass is 158 g/mol. The van der Waals surface area contributed by atoms with E-state index in [9.17, 15) is 18.9 Å². The molecular weight excluding hydrogens is 156 g/mol. The van der Waals surface area contributed by atoms with Crippen LogP contribution < -0.4 is 0 Å². The molecule has 0 N–H and O–H groups in total. The van der Waals surface area contributed by atoms with E-state index in [1.54, 1.807) is 0 Å². The maximum atomic E-state index is 12.4. The van der Waals surface area contributed by atoms with Gasteiger partial charge >= 0.3 is 5.69 Å². The predicted octanol–water partition coefficient (Wildman–Crippen LogP) is 1.67. The number of nitro groups is 1. The number of halogens is 2. The third-order valence-electron chi connectivity index (χ3n) is 1.04. The van der Waals surface area contributed by atoms with Crippen molar-refractivity contribution in [2.75, 3.05) is 0 Å². The molecule has 5 heteroatoms. The minimum absolute atomic E-state index is 0.415.